The third-order valence-corrected chi connectivity index (χ3v) is 3.78. The Bertz CT molecular complexity index is 467. The molecule has 0 radical (unpaired) electrons. The van der Waals surface area contributed by atoms with Crippen LogP contribution in [0.2, 0.25) is 0 Å². The molecule has 1 atom stereocenters. The number of H-pyrrole nitrogens is 1. The molecule has 2 heterocycles. The number of nitrogens with zero attached hydrogens (tertiary/aromatic N) is 1. The second kappa shape index (κ2) is 6.12. The highest BCUT2D eigenvalue weighted by Gasteiger charge is 2.21. The average molecular weight is 364 g/mol. The monoisotopic (exact) mass is 364 g/mol. The number of halogens is 1. The van der Waals surface area contributed by atoms with E-state index in [-0.39, 0.29) is 11.7 Å². The maximum atomic E-state index is 11.9. The summed E-state index contributed by atoms with van der Waals surface area (Å²) < 4.78 is 11.6. The van der Waals surface area contributed by atoms with Crippen LogP contribution in [0, 0.1) is 9.49 Å². The first kappa shape index (κ1) is 14.0. The quantitative estimate of drug-likeness (QED) is 0.829. The van der Waals surface area contributed by atoms with Crippen molar-refractivity contribution >= 4 is 22.6 Å². The summed E-state index contributed by atoms with van der Waals surface area (Å²) in [6.07, 6.45) is 0.539. The summed E-state index contributed by atoms with van der Waals surface area (Å²) in [5, 5.41) is 0. The van der Waals surface area contributed by atoms with Crippen molar-refractivity contribution in [1.82, 2.24) is 9.97 Å². The number of rotatable bonds is 3. The molecule has 18 heavy (non-hydrogen) atoms. The predicted octanol–water partition coefficient (Wildman–Crippen LogP) is 1.66. The Morgan fingerprint density at radius 1 is 1.50 bits per heavy atom. The van der Waals surface area contributed by atoms with E-state index < -0.39 is 0 Å². The standard InChI is InChI=1S/C12H17IN2O3/c1-7(2)5-8-10(13)12(16)15-11(14-8)9-6-17-3-4-18-9/h7,9H,3-6H2,1-2H3,(H,14,15,16). The zero-order valence-electron chi connectivity index (χ0n) is 10.5. The van der Waals surface area contributed by atoms with Crippen LogP contribution >= 0.6 is 22.6 Å². The van der Waals surface area contributed by atoms with Gasteiger partial charge in [0.1, 0.15) is 11.9 Å². The molecule has 1 fully saturated rings. The van der Waals surface area contributed by atoms with Crippen LogP contribution in [0.3, 0.4) is 0 Å². The lowest BCUT2D eigenvalue weighted by atomic mass is 10.1. The first-order chi connectivity index (χ1) is 8.58. The number of aromatic amines is 1. The van der Waals surface area contributed by atoms with Crippen molar-refractivity contribution in [3.8, 4) is 0 Å². The highest BCUT2D eigenvalue weighted by atomic mass is 127. The van der Waals surface area contributed by atoms with Crippen LogP contribution < -0.4 is 5.56 Å². The fourth-order valence-corrected chi connectivity index (χ4v) is 2.32. The molecule has 1 aromatic heterocycles. The lowest BCUT2D eigenvalue weighted by Gasteiger charge is -2.22. The predicted molar refractivity (Wildman–Crippen MR) is 75.6 cm³/mol. The molecular formula is C12H17IN2O3. The van der Waals surface area contributed by atoms with Crippen LogP contribution in [0.4, 0.5) is 0 Å². The molecular weight excluding hydrogens is 347 g/mol. The molecule has 1 saturated heterocycles. The molecule has 2 rings (SSSR count). The van der Waals surface area contributed by atoms with Crippen molar-refractivity contribution in [2.24, 2.45) is 5.92 Å². The van der Waals surface area contributed by atoms with Crippen LogP contribution in [0.15, 0.2) is 4.79 Å². The van der Waals surface area contributed by atoms with E-state index in [0.29, 0.717) is 35.1 Å². The summed E-state index contributed by atoms with van der Waals surface area (Å²) >= 11 is 2.05. The Morgan fingerprint density at radius 2 is 2.28 bits per heavy atom. The van der Waals surface area contributed by atoms with E-state index in [1.54, 1.807) is 0 Å². The van der Waals surface area contributed by atoms with Gasteiger partial charge >= 0.3 is 0 Å². The van der Waals surface area contributed by atoms with Crippen LogP contribution in [0.1, 0.15) is 31.5 Å². The normalized spacial score (nSPS) is 20.3. The van der Waals surface area contributed by atoms with E-state index in [2.05, 4.69) is 23.8 Å². The molecule has 1 N–H and O–H groups in total. The molecule has 1 aliphatic rings. The number of hydrogen-bond acceptors (Lipinski definition) is 4. The molecule has 1 aliphatic heterocycles. The molecule has 6 heteroatoms. The van der Waals surface area contributed by atoms with Gasteiger partial charge in [0.25, 0.3) is 5.56 Å². The summed E-state index contributed by atoms with van der Waals surface area (Å²) in [5.41, 5.74) is 0.754. The molecule has 0 spiro atoms. The Morgan fingerprint density at radius 3 is 2.89 bits per heavy atom. The molecule has 100 valence electrons. The molecule has 5 nitrogen and oxygen atoms in total. The maximum Gasteiger partial charge on any atom is 0.264 e. The van der Waals surface area contributed by atoms with Crippen molar-refractivity contribution in [3.05, 3.63) is 25.4 Å². The lowest BCUT2D eigenvalue weighted by molar-refractivity contribution is -0.0937. The van der Waals surface area contributed by atoms with E-state index in [1.165, 1.54) is 0 Å². The summed E-state index contributed by atoms with van der Waals surface area (Å²) in [6, 6.07) is 0. The van der Waals surface area contributed by atoms with Gasteiger partial charge in [-0.25, -0.2) is 4.98 Å². The van der Waals surface area contributed by atoms with E-state index in [4.69, 9.17) is 9.47 Å². The van der Waals surface area contributed by atoms with Crippen molar-refractivity contribution in [2.75, 3.05) is 19.8 Å². The third kappa shape index (κ3) is 3.30. The average Bonchev–Trinajstić information content (AvgIpc) is 2.35. The van der Waals surface area contributed by atoms with Crippen molar-refractivity contribution < 1.29 is 9.47 Å². The number of nitrogens with one attached hydrogen (secondary N) is 1. The summed E-state index contributed by atoms with van der Waals surface area (Å²) in [4.78, 5) is 19.2. The number of hydrogen-bond donors (Lipinski definition) is 1. The van der Waals surface area contributed by atoms with E-state index in [9.17, 15) is 4.79 Å². The number of ether oxygens (including phenoxy) is 2. The van der Waals surface area contributed by atoms with Gasteiger partial charge in [-0.15, -0.1) is 0 Å². The topological polar surface area (TPSA) is 64.2 Å². The van der Waals surface area contributed by atoms with Crippen LogP contribution in [-0.2, 0) is 15.9 Å². The molecule has 1 aromatic rings. The Kier molecular flexibility index (Phi) is 4.74. The van der Waals surface area contributed by atoms with E-state index in [0.717, 1.165) is 12.1 Å². The second-order valence-electron chi connectivity index (χ2n) is 4.74. The molecule has 0 bridgehead atoms. The Balaban J connectivity index is 2.30. The first-order valence-corrected chi connectivity index (χ1v) is 7.13. The van der Waals surface area contributed by atoms with Gasteiger partial charge in [-0.05, 0) is 34.9 Å². The second-order valence-corrected chi connectivity index (χ2v) is 5.82. The Hall–Kier alpha value is -0.470. The van der Waals surface area contributed by atoms with Crippen LogP contribution in [0.5, 0.6) is 0 Å². The smallest absolute Gasteiger partial charge is 0.264 e. The summed E-state index contributed by atoms with van der Waals surface area (Å²) in [7, 11) is 0. The number of aromatic nitrogens is 2. The van der Waals surface area contributed by atoms with E-state index in [1.807, 2.05) is 22.6 Å². The summed E-state index contributed by atoms with van der Waals surface area (Å²) in [5.74, 6) is 1.04. The van der Waals surface area contributed by atoms with Gasteiger partial charge in [0, 0.05) is 0 Å². The van der Waals surface area contributed by atoms with Gasteiger partial charge in [-0.3, -0.25) is 4.79 Å². The highest BCUT2D eigenvalue weighted by Crippen LogP contribution is 2.18. The van der Waals surface area contributed by atoms with Gasteiger partial charge in [0.05, 0.1) is 29.1 Å². The minimum Gasteiger partial charge on any atom is -0.376 e. The van der Waals surface area contributed by atoms with E-state index >= 15 is 0 Å². The van der Waals surface area contributed by atoms with Gasteiger partial charge < -0.3 is 14.5 Å². The maximum absolute atomic E-state index is 11.9. The Labute approximate surface area is 119 Å². The largest absolute Gasteiger partial charge is 0.376 e. The molecule has 0 aromatic carbocycles. The summed E-state index contributed by atoms with van der Waals surface area (Å²) in [6.45, 7) is 5.81. The van der Waals surface area contributed by atoms with Crippen LogP contribution in [-0.4, -0.2) is 29.8 Å². The molecule has 1 unspecified atom stereocenters. The molecule has 0 aliphatic carbocycles. The van der Waals surface area contributed by atoms with Gasteiger partial charge in [0.15, 0.2) is 0 Å². The zero-order valence-corrected chi connectivity index (χ0v) is 12.7. The van der Waals surface area contributed by atoms with Crippen LogP contribution in [0.25, 0.3) is 0 Å². The van der Waals surface area contributed by atoms with Crippen molar-refractivity contribution in [2.45, 2.75) is 26.4 Å². The minimum atomic E-state index is -0.255. The van der Waals surface area contributed by atoms with Crippen molar-refractivity contribution in [3.63, 3.8) is 0 Å². The van der Waals surface area contributed by atoms with Gasteiger partial charge in [-0.1, -0.05) is 13.8 Å². The highest BCUT2D eigenvalue weighted by molar-refractivity contribution is 14.1. The zero-order chi connectivity index (χ0) is 13.1. The molecule has 0 saturated carbocycles. The van der Waals surface area contributed by atoms with Gasteiger partial charge in [-0.2, -0.15) is 0 Å². The SMILES string of the molecule is CC(C)Cc1nc(C2COCCO2)[nH]c(=O)c1I. The molecule has 0 amide bonds. The minimum absolute atomic E-state index is 0.0922. The third-order valence-electron chi connectivity index (χ3n) is 2.67. The van der Waals surface area contributed by atoms with Crippen molar-refractivity contribution in [1.29, 1.82) is 0 Å². The fraction of sp³-hybridized carbons (Fsp3) is 0.667. The van der Waals surface area contributed by atoms with Gasteiger partial charge in [0.2, 0.25) is 0 Å². The first-order valence-electron chi connectivity index (χ1n) is 6.06. The lowest BCUT2D eigenvalue weighted by Crippen LogP contribution is -2.28. The fourth-order valence-electron chi connectivity index (χ4n) is 1.84.